The number of carbonyl (C=O) groups is 2. The van der Waals surface area contributed by atoms with E-state index in [1.807, 2.05) is 19.9 Å². The van der Waals surface area contributed by atoms with Gasteiger partial charge in [0.15, 0.2) is 11.5 Å². The molecule has 0 aliphatic rings. The monoisotopic (exact) mass is 522 g/mol. The molecule has 2 aromatic carbocycles. The van der Waals surface area contributed by atoms with Gasteiger partial charge in [0.05, 0.1) is 18.8 Å². The number of carbonyl (C=O) groups excluding carboxylic acids is 2. The molecular formula is C28H27FN2O5S. The van der Waals surface area contributed by atoms with E-state index in [1.54, 1.807) is 44.2 Å². The van der Waals surface area contributed by atoms with Crippen molar-refractivity contribution >= 4 is 34.3 Å². The van der Waals surface area contributed by atoms with Crippen LogP contribution in [0.3, 0.4) is 0 Å². The Balaban J connectivity index is 1.82. The highest BCUT2D eigenvalue weighted by atomic mass is 32.1. The van der Waals surface area contributed by atoms with E-state index in [2.05, 4.69) is 5.32 Å². The number of nitrogens with zero attached hydrogens (tertiary/aromatic N) is 1. The fourth-order valence-corrected chi connectivity index (χ4v) is 4.44. The van der Waals surface area contributed by atoms with E-state index in [0.29, 0.717) is 28.7 Å². The second-order valence-electron chi connectivity index (χ2n) is 7.89. The lowest BCUT2D eigenvalue weighted by atomic mass is 10.1. The molecule has 0 aliphatic heterocycles. The van der Waals surface area contributed by atoms with Gasteiger partial charge in [-0.3, -0.25) is 4.79 Å². The van der Waals surface area contributed by atoms with E-state index >= 15 is 0 Å². The fourth-order valence-electron chi connectivity index (χ4n) is 3.39. The van der Waals surface area contributed by atoms with Crippen LogP contribution in [0.5, 0.6) is 11.5 Å². The van der Waals surface area contributed by atoms with Crippen molar-refractivity contribution in [3.05, 3.63) is 81.0 Å². The van der Waals surface area contributed by atoms with Gasteiger partial charge < -0.3 is 19.5 Å². The standard InChI is InChI=1S/C28H27FN2O5S/c1-5-34-24-14-20(9-12-23(24)36-16-19-7-10-22(29)11-8-19)13-21(15-30)26(32)31-27-25(28(33)35-6-2)17(3)18(4)37-27/h7-14H,5-6,16H2,1-4H3,(H,31,32)/b21-13+. The molecule has 1 heterocycles. The average Bonchev–Trinajstić information content (AvgIpc) is 3.15. The number of anilines is 1. The van der Waals surface area contributed by atoms with Gasteiger partial charge in [-0.15, -0.1) is 11.3 Å². The third-order valence-corrected chi connectivity index (χ3v) is 6.47. The van der Waals surface area contributed by atoms with Crippen LogP contribution >= 0.6 is 11.3 Å². The van der Waals surface area contributed by atoms with Crippen LogP contribution in [-0.2, 0) is 16.1 Å². The maximum atomic E-state index is 13.1. The molecule has 3 rings (SSSR count). The zero-order valence-corrected chi connectivity index (χ0v) is 21.8. The molecule has 0 fully saturated rings. The number of hydrogen-bond acceptors (Lipinski definition) is 7. The van der Waals surface area contributed by atoms with Crippen LogP contribution in [-0.4, -0.2) is 25.1 Å². The number of nitriles is 1. The van der Waals surface area contributed by atoms with Crippen molar-refractivity contribution < 1.29 is 28.2 Å². The van der Waals surface area contributed by atoms with Gasteiger partial charge in [0.25, 0.3) is 5.91 Å². The zero-order valence-electron chi connectivity index (χ0n) is 21.0. The molecule has 1 amide bonds. The molecule has 0 spiro atoms. The molecule has 7 nitrogen and oxygen atoms in total. The lowest BCUT2D eigenvalue weighted by molar-refractivity contribution is -0.112. The first kappa shape index (κ1) is 27.4. The minimum atomic E-state index is -0.649. The fraction of sp³-hybridized carbons (Fsp3) is 0.250. The number of rotatable bonds is 10. The molecule has 3 aromatic rings. The summed E-state index contributed by atoms with van der Waals surface area (Å²) < 4.78 is 29.8. The molecule has 1 aromatic heterocycles. The molecular weight excluding hydrogens is 495 g/mol. The Labute approximate surface area is 219 Å². The molecule has 0 bridgehead atoms. The number of amides is 1. The Morgan fingerprint density at radius 2 is 1.78 bits per heavy atom. The quantitative estimate of drug-likeness (QED) is 0.193. The van der Waals surface area contributed by atoms with Gasteiger partial charge in [0.1, 0.15) is 29.1 Å². The van der Waals surface area contributed by atoms with Crippen LogP contribution in [0.2, 0.25) is 0 Å². The van der Waals surface area contributed by atoms with Crippen LogP contribution in [0.25, 0.3) is 6.08 Å². The topological polar surface area (TPSA) is 97.7 Å². The predicted molar refractivity (Wildman–Crippen MR) is 140 cm³/mol. The van der Waals surface area contributed by atoms with Crippen molar-refractivity contribution in [3.8, 4) is 17.6 Å². The van der Waals surface area contributed by atoms with E-state index < -0.39 is 11.9 Å². The number of esters is 1. The first-order valence-corrected chi connectivity index (χ1v) is 12.4. The number of benzene rings is 2. The first-order valence-electron chi connectivity index (χ1n) is 11.6. The summed E-state index contributed by atoms with van der Waals surface area (Å²) in [5.41, 5.74) is 2.20. The Bertz CT molecular complexity index is 1360. The maximum Gasteiger partial charge on any atom is 0.341 e. The molecule has 0 radical (unpaired) electrons. The Hall–Kier alpha value is -4.16. The summed E-state index contributed by atoms with van der Waals surface area (Å²) in [6.45, 7) is 7.94. The van der Waals surface area contributed by atoms with Crippen molar-refractivity contribution in [2.24, 2.45) is 0 Å². The Morgan fingerprint density at radius 3 is 2.43 bits per heavy atom. The number of nitrogens with one attached hydrogen (secondary N) is 1. The van der Waals surface area contributed by atoms with E-state index in [-0.39, 0.29) is 30.2 Å². The van der Waals surface area contributed by atoms with Crippen LogP contribution in [0, 0.1) is 31.0 Å². The van der Waals surface area contributed by atoms with Crippen LogP contribution in [0.1, 0.15) is 45.8 Å². The van der Waals surface area contributed by atoms with E-state index in [1.165, 1.54) is 29.5 Å². The summed E-state index contributed by atoms with van der Waals surface area (Å²) in [6.07, 6.45) is 1.43. The number of hydrogen-bond donors (Lipinski definition) is 1. The van der Waals surface area contributed by atoms with E-state index in [9.17, 15) is 19.2 Å². The molecule has 1 N–H and O–H groups in total. The summed E-state index contributed by atoms with van der Waals surface area (Å²) in [7, 11) is 0. The summed E-state index contributed by atoms with van der Waals surface area (Å²) in [6, 6.07) is 12.9. The lowest BCUT2D eigenvalue weighted by Crippen LogP contribution is -2.16. The normalized spacial score (nSPS) is 11.0. The molecule has 37 heavy (non-hydrogen) atoms. The number of halogens is 1. The smallest absolute Gasteiger partial charge is 0.341 e. The third-order valence-electron chi connectivity index (χ3n) is 5.34. The largest absolute Gasteiger partial charge is 0.490 e. The molecule has 0 saturated carbocycles. The highest BCUT2D eigenvalue weighted by Gasteiger charge is 2.23. The summed E-state index contributed by atoms with van der Waals surface area (Å²) in [4.78, 5) is 26.2. The molecule has 9 heteroatoms. The highest BCUT2D eigenvalue weighted by Crippen LogP contribution is 2.34. The average molecular weight is 523 g/mol. The van der Waals surface area contributed by atoms with Gasteiger partial charge in [-0.05, 0) is 74.7 Å². The molecule has 192 valence electrons. The molecule has 0 aliphatic carbocycles. The molecule has 0 saturated heterocycles. The van der Waals surface area contributed by atoms with Crippen molar-refractivity contribution in [2.45, 2.75) is 34.3 Å². The SMILES string of the molecule is CCOC(=O)c1c(NC(=O)/C(C#N)=C/c2ccc(OCc3ccc(F)cc3)c(OCC)c2)sc(C)c1C. The Morgan fingerprint density at radius 1 is 1.05 bits per heavy atom. The van der Waals surface area contributed by atoms with Crippen LogP contribution < -0.4 is 14.8 Å². The van der Waals surface area contributed by atoms with Gasteiger partial charge in [0.2, 0.25) is 0 Å². The van der Waals surface area contributed by atoms with Crippen molar-refractivity contribution in [1.29, 1.82) is 5.26 Å². The lowest BCUT2D eigenvalue weighted by Gasteiger charge is -2.13. The minimum Gasteiger partial charge on any atom is -0.490 e. The minimum absolute atomic E-state index is 0.152. The Kier molecular flexibility index (Phi) is 9.41. The van der Waals surface area contributed by atoms with Gasteiger partial charge >= 0.3 is 5.97 Å². The van der Waals surface area contributed by atoms with Crippen LogP contribution in [0.4, 0.5) is 9.39 Å². The zero-order chi connectivity index (χ0) is 26.9. The number of ether oxygens (including phenoxy) is 3. The third kappa shape index (κ3) is 6.96. The second-order valence-corrected chi connectivity index (χ2v) is 9.11. The number of thiophene rings is 1. The van der Waals surface area contributed by atoms with Gasteiger partial charge in [-0.1, -0.05) is 18.2 Å². The molecule has 0 unspecified atom stereocenters. The summed E-state index contributed by atoms with van der Waals surface area (Å²) in [5, 5.41) is 12.7. The van der Waals surface area contributed by atoms with Gasteiger partial charge in [0, 0.05) is 4.88 Å². The second kappa shape index (κ2) is 12.7. The maximum absolute atomic E-state index is 13.1. The van der Waals surface area contributed by atoms with Gasteiger partial charge in [-0.25, -0.2) is 9.18 Å². The summed E-state index contributed by atoms with van der Waals surface area (Å²) >= 11 is 1.25. The van der Waals surface area contributed by atoms with Crippen molar-refractivity contribution in [3.63, 3.8) is 0 Å². The highest BCUT2D eigenvalue weighted by molar-refractivity contribution is 7.16. The predicted octanol–water partition coefficient (Wildman–Crippen LogP) is 6.20. The number of aryl methyl sites for hydroxylation is 1. The van der Waals surface area contributed by atoms with Crippen molar-refractivity contribution in [1.82, 2.24) is 0 Å². The van der Waals surface area contributed by atoms with Crippen molar-refractivity contribution in [2.75, 3.05) is 18.5 Å². The summed E-state index contributed by atoms with van der Waals surface area (Å²) in [5.74, 6) is -0.600. The first-order chi connectivity index (χ1) is 17.8. The van der Waals surface area contributed by atoms with E-state index in [4.69, 9.17) is 14.2 Å². The van der Waals surface area contributed by atoms with Crippen LogP contribution in [0.15, 0.2) is 48.0 Å². The van der Waals surface area contributed by atoms with Gasteiger partial charge in [-0.2, -0.15) is 5.26 Å². The van der Waals surface area contributed by atoms with E-state index in [0.717, 1.165) is 16.0 Å². The molecule has 0 atom stereocenters.